The maximum absolute atomic E-state index is 11.5. The fraction of sp³-hybridized carbons (Fsp3) is 0.364. The van der Waals surface area contributed by atoms with E-state index < -0.39 is 27.8 Å². The molecule has 6 nitrogen and oxygen atoms in total. The number of carbonyl (C=O) groups is 1. The van der Waals surface area contributed by atoms with Gasteiger partial charge in [-0.3, -0.25) is 4.79 Å². The predicted octanol–water partition coefficient (Wildman–Crippen LogP) is 0.760. The Labute approximate surface area is 106 Å². The predicted molar refractivity (Wildman–Crippen MR) is 66.0 cm³/mol. The lowest BCUT2D eigenvalue weighted by atomic mass is 10.1. The second kappa shape index (κ2) is 5.83. The molecule has 1 atom stereocenters. The second-order valence-corrected chi connectivity index (χ2v) is 5.52. The molecule has 1 aromatic rings. The highest BCUT2D eigenvalue weighted by atomic mass is 32.2. The third-order valence-corrected chi connectivity index (χ3v) is 3.60. The van der Waals surface area contributed by atoms with Crippen LogP contribution >= 0.6 is 0 Å². The van der Waals surface area contributed by atoms with Crippen molar-refractivity contribution in [2.45, 2.75) is 13.0 Å². The number of hydrogen-bond acceptors (Lipinski definition) is 4. The molecular formula is C11H15NO5S. The van der Waals surface area contributed by atoms with Gasteiger partial charge in [-0.05, 0) is 24.6 Å². The van der Waals surface area contributed by atoms with Gasteiger partial charge in [0.05, 0.1) is 7.11 Å². The molecule has 2 N–H and O–H groups in total. The summed E-state index contributed by atoms with van der Waals surface area (Å²) in [7, 11) is -2.33. The normalized spacial score (nSPS) is 13.0. The molecule has 7 heteroatoms. The van der Waals surface area contributed by atoms with Crippen molar-refractivity contribution in [2.75, 3.05) is 12.9 Å². The van der Waals surface area contributed by atoms with Crippen molar-refractivity contribution in [3.05, 3.63) is 29.8 Å². The van der Waals surface area contributed by atoms with E-state index in [1.165, 1.54) is 7.11 Å². The van der Waals surface area contributed by atoms with Crippen molar-refractivity contribution in [1.29, 1.82) is 0 Å². The number of benzene rings is 1. The Morgan fingerprint density at radius 1 is 1.50 bits per heavy atom. The summed E-state index contributed by atoms with van der Waals surface area (Å²) in [5.74, 6) is -1.72. The average molecular weight is 273 g/mol. The highest BCUT2D eigenvalue weighted by Crippen LogP contribution is 2.19. The first-order valence-corrected chi connectivity index (χ1v) is 6.85. The topological polar surface area (TPSA) is 92.7 Å². The monoisotopic (exact) mass is 273 g/mol. The second-order valence-electron chi connectivity index (χ2n) is 3.77. The van der Waals surface area contributed by atoms with Crippen LogP contribution in [0.25, 0.3) is 0 Å². The summed E-state index contributed by atoms with van der Waals surface area (Å²) in [4.78, 5) is 10.4. The number of carboxylic acids is 1. The van der Waals surface area contributed by atoms with Crippen LogP contribution in [0.15, 0.2) is 24.3 Å². The quantitative estimate of drug-likeness (QED) is 0.798. The number of ether oxygens (including phenoxy) is 1. The standard InChI is InChI=1S/C11H15NO5S/c1-8(12-18(15,16)7-11(13)14)9-4-3-5-10(6-9)17-2/h3-6,8,12H,7H2,1-2H3,(H,13,14)/t8-/m0/s1. The summed E-state index contributed by atoms with van der Waals surface area (Å²) in [5.41, 5.74) is 0.698. The highest BCUT2D eigenvalue weighted by Gasteiger charge is 2.19. The van der Waals surface area contributed by atoms with E-state index in [9.17, 15) is 13.2 Å². The Kier molecular flexibility index (Phi) is 4.69. The van der Waals surface area contributed by atoms with Crippen LogP contribution in [0, 0.1) is 0 Å². The Balaban J connectivity index is 2.81. The molecule has 18 heavy (non-hydrogen) atoms. The maximum atomic E-state index is 11.5. The smallest absolute Gasteiger partial charge is 0.320 e. The zero-order valence-electron chi connectivity index (χ0n) is 10.1. The first-order valence-electron chi connectivity index (χ1n) is 5.20. The van der Waals surface area contributed by atoms with Crippen molar-refractivity contribution in [3.63, 3.8) is 0 Å². The van der Waals surface area contributed by atoms with Gasteiger partial charge in [-0.25, -0.2) is 13.1 Å². The lowest BCUT2D eigenvalue weighted by Gasteiger charge is -2.14. The van der Waals surface area contributed by atoms with Crippen LogP contribution in [0.4, 0.5) is 0 Å². The van der Waals surface area contributed by atoms with Gasteiger partial charge in [-0.2, -0.15) is 0 Å². The van der Waals surface area contributed by atoms with Crippen LogP contribution in [0.5, 0.6) is 5.75 Å². The number of hydrogen-bond donors (Lipinski definition) is 2. The Morgan fingerprint density at radius 2 is 2.17 bits per heavy atom. The van der Waals surface area contributed by atoms with E-state index in [0.29, 0.717) is 11.3 Å². The molecule has 0 radical (unpaired) electrons. The van der Waals surface area contributed by atoms with Gasteiger partial charge in [0.1, 0.15) is 5.75 Å². The maximum Gasteiger partial charge on any atom is 0.320 e. The lowest BCUT2D eigenvalue weighted by Crippen LogP contribution is -2.32. The van der Waals surface area contributed by atoms with E-state index in [0.717, 1.165) is 0 Å². The minimum Gasteiger partial charge on any atom is -0.497 e. The molecule has 0 saturated heterocycles. The van der Waals surface area contributed by atoms with Crippen LogP contribution in [0.1, 0.15) is 18.5 Å². The highest BCUT2D eigenvalue weighted by molar-refractivity contribution is 7.90. The Hall–Kier alpha value is -1.60. The molecule has 0 saturated carbocycles. The molecule has 0 heterocycles. The van der Waals surface area contributed by atoms with Crippen LogP contribution in [-0.2, 0) is 14.8 Å². The van der Waals surface area contributed by atoms with Gasteiger partial charge in [0, 0.05) is 6.04 Å². The molecule has 100 valence electrons. The summed E-state index contributed by atoms with van der Waals surface area (Å²) >= 11 is 0. The van der Waals surface area contributed by atoms with E-state index in [4.69, 9.17) is 9.84 Å². The van der Waals surface area contributed by atoms with Crippen LogP contribution < -0.4 is 9.46 Å². The van der Waals surface area contributed by atoms with Gasteiger partial charge in [-0.15, -0.1) is 0 Å². The first-order chi connectivity index (χ1) is 8.34. The fourth-order valence-electron chi connectivity index (χ4n) is 1.45. The summed E-state index contributed by atoms with van der Waals surface area (Å²) < 4.78 is 30.2. The molecule has 0 aliphatic carbocycles. The SMILES string of the molecule is COc1cccc([C@H](C)NS(=O)(=O)CC(=O)O)c1. The molecule has 0 fully saturated rings. The zero-order valence-corrected chi connectivity index (χ0v) is 10.9. The molecule has 0 aliphatic heterocycles. The number of sulfonamides is 1. The van der Waals surface area contributed by atoms with E-state index in [2.05, 4.69) is 4.72 Å². The van der Waals surface area contributed by atoms with Crippen molar-refractivity contribution in [2.24, 2.45) is 0 Å². The van der Waals surface area contributed by atoms with Crippen LogP contribution in [0.3, 0.4) is 0 Å². The molecule has 1 rings (SSSR count). The number of methoxy groups -OCH3 is 1. The van der Waals surface area contributed by atoms with Gasteiger partial charge in [0.2, 0.25) is 10.0 Å². The number of nitrogens with one attached hydrogen (secondary N) is 1. The molecule has 0 spiro atoms. The Morgan fingerprint density at radius 3 is 2.72 bits per heavy atom. The average Bonchev–Trinajstić information content (AvgIpc) is 2.26. The van der Waals surface area contributed by atoms with Crippen molar-refractivity contribution < 1.29 is 23.1 Å². The molecular weight excluding hydrogens is 258 g/mol. The summed E-state index contributed by atoms with van der Waals surface area (Å²) in [6.07, 6.45) is 0. The summed E-state index contributed by atoms with van der Waals surface area (Å²) in [5, 5.41) is 8.48. The minimum absolute atomic E-state index is 0.524. The number of aliphatic carboxylic acids is 1. The molecule has 0 amide bonds. The summed E-state index contributed by atoms with van der Waals surface area (Å²) in [6.45, 7) is 1.63. The largest absolute Gasteiger partial charge is 0.497 e. The molecule has 0 unspecified atom stereocenters. The van der Waals surface area contributed by atoms with E-state index >= 15 is 0 Å². The van der Waals surface area contributed by atoms with Crippen molar-refractivity contribution in [3.8, 4) is 5.75 Å². The first kappa shape index (κ1) is 14.5. The minimum atomic E-state index is -3.84. The van der Waals surface area contributed by atoms with Crippen molar-refractivity contribution in [1.82, 2.24) is 4.72 Å². The van der Waals surface area contributed by atoms with E-state index in [1.807, 2.05) is 0 Å². The number of rotatable bonds is 6. The van der Waals surface area contributed by atoms with E-state index in [-0.39, 0.29) is 0 Å². The Bertz CT molecular complexity index is 526. The van der Waals surface area contributed by atoms with Crippen LogP contribution in [-0.4, -0.2) is 32.4 Å². The number of carboxylic acid groups (broad SMARTS) is 1. The zero-order chi connectivity index (χ0) is 13.8. The van der Waals surface area contributed by atoms with Gasteiger partial charge in [-0.1, -0.05) is 12.1 Å². The fourth-order valence-corrected chi connectivity index (χ4v) is 2.54. The molecule has 0 aromatic heterocycles. The van der Waals surface area contributed by atoms with E-state index in [1.54, 1.807) is 31.2 Å². The van der Waals surface area contributed by atoms with Crippen molar-refractivity contribution >= 4 is 16.0 Å². The van der Waals surface area contributed by atoms with Gasteiger partial charge >= 0.3 is 5.97 Å². The van der Waals surface area contributed by atoms with Gasteiger partial charge in [0.25, 0.3) is 0 Å². The molecule has 0 aliphatic rings. The van der Waals surface area contributed by atoms with Gasteiger partial charge < -0.3 is 9.84 Å². The lowest BCUT2D eigenvalue weighted by molar-refractivity contribution is -0.134. The van der Waals surface area contributed by atoms with Crippen LogP contribution in [0.2, 0.25) is 0 Å². The third kappa shape index (κ3) is 4.34. The summed E-state index contributed by atoms with van der Waals surface area (Å²) in [6, 6.07) is 6.37. The third-order valence-electron chi connectivity index (χ3n) is 2.26. The molecule has 0 bridgehead atoms. The molecule has 1 aromatic carbocycles. The van der Waals surface area contributed by atoms with Gasteiger partial charge in [0.15, 0.2) is 5.75 Å².